The summed E-state index contributed by atoms with van der Waals surface area (Å²) in [6.45, 7) is 0. The molecule has 1 aromatic carbocycles. The molecule has 0 aliphatic heterocycles. The molecule has 0 bridgehead atoms. The molecule has 0 radical (unpaired) electrons. The summed E-state index contributed by atoms with van der Waals surface area (Å²) in [5.74, 6) is -0.511. The lowest BCUT2D eigenvalue weighted by Gasteiger charge is -2.21. The van der Waals surface area contributed by atoms with Gasteiger partial charge >= 0.3 is 0 Å². The number of rotatable bonds is 3. The average Bonchev–Trinajstić information content (AvgIpc) is 2.93. The molecule has 1 aromatic heterocycles. The minimum atomic E-state index is -2.64. The van der Waals surface area contributed by atoms with E-state index in [0.29, 0.717) is 16.6 Å². The van der Waals surface area contributed by atoms with E-state index in [4.69, 9.17) is 0 Å². The van der Waals surface area contributed by atoms with Crippen molar-refractivity contribution in [1.29, 1.82) is 0 Å². The Kier molecular flexibility index (Phi) is 4.88. The van der Waals surface area contributed by atoms with Gasteiger partial charge in [-0.2, -0.15) is 0 Å². The van der Waals surface area contributed by atoms with Crippen molar-refractivity contribution >= 4 is 16.9 Å². The smallest absolute Gasteiger partial charge is 0.295 e. The molecule has 4 nitrogen and oxygen atoms in total. The van der Waals surface area contributed by atoms with Crippen LogP contribution in [0.3, 0.4) is 0 Å². The number of carbonyl (C=O) groups excluding carboxylic acids is 1. The number of fused-ring (bicyclic) bond motifs is 1. The molecule has 2 aromatic rings. The number of hydrogen-bond donors (Lipinski definition) is 2. The highest BCUT2D eigenvalue weighted by atomic mass is 19.3. The summed E-state index contributed by atoms with van der Waals surface area (Å²) in [4.78, 5) is 18.8. The molecule has 3 rings (SSSR count). The topological polar surface area (TPSA) is 57.8 Å². The van der Waals surface area contributed by atoms with Crippen molar-refractivity contribution in [3.05, 3.63) is 29.6 Å². The van der Waals surface area contributed by atoms with Crippen LogP contribution in [0.15, 0.2) is 18.2 Å². The molecule has 0 saturated heterocycles. The molecule has 6 heteroatoms. The zero-order chi connectivity index (χ0) is 16.2. The van der Waals surface area contributed by atoms with Gasteiger partial charge in [-0.3, -0.25) is 4.79 Å². The number of alkyl halides is 2. The van der Waals surface area contributed by atoms with Crippen LogP contribution < -0.4 is 5.32 Å². The predicted octanol–water partition coefficient (Wildman–Crippen LogP) is 4.34. The van der Waals surface area contributed by atoms with Crippen LogP contribution in [0.25, 0.3) is 11.0 Å². The summed E-state index contributed by atoms with van der Waals surface area (Å²) >= 11 is 0. The van der Waals surface area contributed by atoms with Crippen LogP contribution in [-0.2, 0) is 0 Å². The molecule has 1 aliphatic rings. The van der Waals surface area contributed by atoms with Crippen LogP contribution in [0.4, 0.5) is 8.78 Å². The minimum absolute atomic E-state index is 0.148. The highest BCUT2D eigenvalue weighted by Crippen LogP contribution is 2.21. The second-order valence-corrected chi connectivity index (χ2v) is 6.17. The van der Waals surface area contributed by atoms with Gasteiger partial charge in [-0.1, -0.05) is 32.1 Å². The molecule has 1 amide bonds. The summed E-state index contributed by atoms with van der Waals surface area (Å²) in [6.07, 6.45) is 5.38. The third-order valence-corrected chi connectivity index (χ3v) is 4.41. The van der Waals surface area contributed by atoms with Crippen LogP contribution in [0.2, 0.25) is 0 Å². The molecular formula is C17H21F2N3O. The van der Waals surface area contributed by atoms with Gasteiger partial charge in [0.25, 0.3) is 12.3 Å². The fraction of sp³-hybridized carbons (Fsp3) is 0.529. The van der Waals surface area contributed by atoms with E-state index in [0.717, 1.165) is 25.7 Å². The number of halogens is 2. The van der Waals surface area contributed by atoms with Crippen molar-refractivity contribution < 1.29 is 13.6 Å². The Morgan fingerprint density at radius 3 is 2.57 bits per heavy atom. The Balaban J connectivity index is 1.72. The quantitative estimate of drug-likeness (QED) is 0.883. The number of hydrogen-bond acceptors (Lipinski definition) is 2. The lowest BCUT2D eigenvalue weighted by molar-refractivity contribution is 0.0930. The molecule has 124 valence electrons. The Labute approximate surface area is 133 Å². The van der Waals surface area contributed by atoms with Gasteiger partial charge in [-0.05, 0) is 31.0 Å². The van der Waals surface area contributed by atoms with Crippen molar-refractivity contribution in [2.24, 2.45) is 0 Å². The number of nitrogens with zero attached hydrogens (tertiary/aromatic N) is 1. The lowest BCUT2D eigenvalue weighted by atomic mass is 9.96. The molecule has 23 heavy (non-hydrogen) atoms. The standard InChI is InChI=1S/C17H21F2N3O/c18-15(19)16-21-13-9-8-11(10-14(13)22-16)17(23)20-12-6-4-2-1-3-5-7-12/h8-10,12,15H,1-7H2,(H,20,23)(H,21,22). The van der Waals surface area contributed by atoms with Gasteiger partial charge in [0, 0.05) is 11.6 Å². The van der Waals surface area contributed by atoms with Crippen LogP contribution in [0, 0.1) is 0 Å². The molecule has 1 aliphatic carbocycles. The van der Waals surface area contributed by atoms with Crippen LogP contribution in [-0.4, -0.2) is 21.9 Å². The van der Waals surface area contributed by atoms with Crippen molar-refractivity contribution in [1.82, 2.24) is 15.3 Å². The molecule has 1 saturated carbocycles. The number of carbonyl (C=O) groups is 1. The number of aromatic nitrogens is 2. The van der Waals surface area contributed by atoms with Gasteiger partial charge in [0.1, 0.15) is 0 Å². The number of imidazole rings is 1. The lowest BCUT2D eigenvalue weighted by Crippen LogP contribution is -2.35. The van der Waals surface area contributed by atoms with Crippen molar-refractivity contribution in [2.75, 3.05) is 0 Å². The van der Waals surface area contributed by atoms with E-state index in [1.165, 1.54) is 19.3 Å². The first-order valence-corrected chi connectivity index (χ1v) is 8.22. The zero-order valence-electron chi connectivity index (χ0n) is 12.9. The average molecular weight is 321 g/mol. The monoisotopic (exact) mass is 321 g/mol. The third-order valence-electron chi connectivity index (χ3n) is 4.41. The highest BCUT2D eigenvalue weighted by molar-refractivity contribution is 5.97. The van der Waals surface area contributed by atoms with Crippen LogP contribution >= 0.6 is 0 Å². The van der Waals surface area contributed by atoms with E-state index in [1.807, 2.05) is 0 Å². The number of amides is 1. The van der Waals surface area contributed by atoms with E-state index in [9.17, 15) is 13.6 Å². The van der Waals surface area contributed by atoms with Gasteiger partial charge in [0.2, 0.25) is 0 Å². The SMILES string of the molecule is O=C(NC1CCCCCCC1)c1ccc2nc(C(F)F)[nH]c2c1. The van der Waals surface area contributed by atoms with E-state index >= 15 is 0 Å². The van der Waals surface area contributed by atoms with E-state index in [-0.39, 0.29) is 17.8 Å². The van der Waals surface area contributed by atoms with Gasteiger partial charge in [0.15, 0.2) is 5.82 Å². The second-order valence-electron chi connectivity index (χ2n) is 6.17. The van der Waals surface area contributed by atoms with E-state index in [2.05, 4.69) is 15.3 Å². The molecule has 0 atom stereocenters. The summed E-state index contributed by atoms with van der Waals surface area (Å²) in [5, 5.41) is 3.08. The Hall–Kier alpha value is -1.98. The van der Waals surface area contributed by atoms with Crippen molar-refractivity contribution in [2.45, 2.75) is 57.4 Å². The van der Waals surface area contributed by atoms with E-state index in [1.54, 1.807) is 18.2 Å². The number of aromatic amines is 1. The maximum atomic E-state index is 12.7. The maximum absolute atomic E-state index is 12.7. The van der Waals surface area contributed by atoms with Crippen LogP contribution in [0.5, 0.6) is 0 Å². The van der Waals surface area contributed by atoms with Gasteiger partial charge < -0.3 is 10.3 Å². The fourth-order valence-corrected chi connectivity index (χ4v) is 3.14. The maximum Gasteiger partial charge on any atom is 0.295 e. The molecule has 1 heterocycles. The Morgan fingerprint density at radius 1 is 1.17 bits per heavy atom. The van der Waals surface area contributed by atoms with Gasteiger partial charge in [0.05, 0.1) is 11.0 Å². The first-order chi connectivity index (χ1) is 11.1. The highest BCUT2D eigenvalue weighted by Gasteiger charge is 2.17. The molecule has 0 unspecified atom stereocenters. The summed E-state index contributed by atoms with van der Waals surface area (Å²) in [7, 11) is 0. The normalized spacial score (nSPS) is 17.2. The van der Waals surface area contributed by atoms with Crippen molar-refractivity contribution in [3.63, 3.8) is 0 Å². The summed E-state index contributed by atoms with van der Waals surface area (Å²) in [6, 6.07) is 5.03. The zero-order valence-corrected chi connectivity index (χ0v) is 12.9. The first kappa shape index (κ1) is 15.9. The number of nitrogens with one attached hydrogen (secondary N) is 2. The summed E-state index contributed by atoms with van der Waals surface area (Å²) in [5.41, 5.74) is 1.39. The summed E-state index contributed by atoms with van der Waals surface area (Å²) < 4.78 is 25.3. The number of H-pyrrole nitrogens is 1. The minimum Gasteiger partial charge on any atom is -0.349 e. The van der Waals surface area contributed by atoms with Crippen LogP contribution in [0.1, 0.15) is 67.6 Å². The van der Waals surface area contributed by atoms with Gasteiger partial charge in [-0.15, -0.1) is 0 Å². The van der Waals surface area contributed by atoms with E-state index < -0.39 is 6.43 Å². The Bertz CT molecular complexity index is 676. The van der Waals surface area contributed by atoms with Gasteiger partial charge in [-0.25, -0.2) is 13.8 Å². The first-order valence-electron chi connectivity index (χ1n) is 8.22. The molecule has 0 spiro atoms. The Morgan fingerprint density at radius 2 is 1.87 bits per heavy atom. The second kappa shape index (κ2) is 7.06. The predicted molar refractivity (Wildman–Crippen MR) is 84.6 cm³/mol. The third kappa shape index (κ3) is 3.86. The number of benzene rings is 1. The van der Waals surface area contributed by atoms with Crippen molar-refractivity contribution in [3.8, 4) is 0 Å². The molecule has 1 fully saturated rings. The largest absolute Gasteiger partial charge is 0.349 e. The molecule has 2 N–H and O–H groups in total. The fourth-order valence-electron chi connectivity index (χ4n) is 3.14. The molecular weight excluding hydrogens is 300 g/mol.